The molecule has 0 saturated heterocycles. The number of hydrogen-bond acceptors (Lipinski definition) is 4. The average Bonchev–Trinajstić information content (AvgIpc) is 2.96. The van der Waals surface area contributed by atoms with Crippen LogP contribution in [0.25, 0.3) is 0 Å². The largest absolute Gasteiger partial charge is 0.331 e. The summed E-state index contributed by atoms with van der Waals surface area (Å²) in [4.78, 5) is 16.0. The van der Waals surface area contributed by atoms with Gasteiger partial charge in [0.1, 0.15) is 0 Å². The molecule has 1 amide bonds. The Bertz CT molecular complexity index is 620. The summed E-state index contributed by atoms with van der Waals surface area (Å²) in [7, 11) is 0. The van der Waals surface area contributed by atoms with Gasteiger partial charge in [0.15, 0.2) is 0 Å². The highest BCUT2D eigenvalue weighted by molar-refractivity contribution is 7.10. The Labute approximate surface area is 122 Å². The second-order valence-electron chi connectivity index (χ2n) is 4.95. The molecule has 1 atom stereocenters. The number of benzene rings is 1. The van der Waals surface area contributed by atoms with Crippen LogP contribution >= 0.6 is 11.3 Å². The lowest BCUT2D eigenvalue weighted by molar-refractivity contribution is 0.0679. The molecule has 0 radical (unpaired) electrons. The van der Waals surface area contributed by atoms with Gasteiger partial charge in [-0.2, -0.15) is 0 Å². The number of carbonyl (C=O) groups excluding carboxylic acids is 1. The molecule has 3 rings (SSSR count). The van der Waals surface area contributed by atoms with Crippen molar-refractivity contribution in [1.82, 2.24) is 4.90 Å². The average molecular weight is 287 g/mol. The molecule has 0 fully saturated rings. The van der Waals surface area contributed by atoms with Crippen LogP contribution in [0.5, 0.6) is 0 Å². The van der Waals surface area contributed by atoms with E-state index in [0.717, 1.165) is 18.7 Å². The Hall–Kier alpha value is -1.85. The smallest absolute Gasteiger partial charge is 0.254 e. The SMILES string of the molecule is CC1c2ccsc2CCN1C(=O)c1ccc(NN)cc1. The minimum absolute atomic E-state index is 0.0814. The summed E-state index contributed by atoms with van der Waals surface area (Å²) in [5.74, 6) is 5.42. The van der Waals surface area contributed by atoms with Crippen molar-refractivity contribution in [1.29, 1.82) is 0 Å². The number of thiophene rings is 1. The molecule has 0 saturated carbocycles. The summed E-state index contributed by atoms with van der Waals surface area (Å²) >= 11 is 1.78. The van der Waals surface area contributed by atoms with E-state index in [4.69, 9.17) is 5.84 Å². The Balaban J connectivity index is 1.84. The molecule has 1 aliphatic rings. The van der Waals surface area contributed by atoms with Gasteiger partial charge in [0.05, 0.1) is 6.04 Å². The van der Waals surface area contributed by atoms with Crippen molar-refractivity contribution < 1.29 is 4.79 Å². The van der Waals surface area contributed by atoms with E-state index in [0.29, 0.717) is 5.56 Å². The van der Waals surface area contributed by atoms with Crippen LogP contribution in [0.4, 0.5) is 5.69 Å². The summed E-state index contributed by atoms with van der Waals surface area (Å²) in [6.45, 7) is 2.88. The summed E-state index contributed by atoms with van der Waals surface area (Å²) in [5, 5.41) is 2.11. The van der Waals surface area contributed by atoms with Crippen molar-refractivity contribution in [2.24, 2.45) is 5.84 Å². The summed E-state index contributed by atoms with van der Waals surface area (Å²) in [6.07, 6.45) is 0.950. The second kappa shape index (κ2) is 5.26. The molecule has 1 aromatic heterocycles. The van der Waals surface area contributed by atoms with Crippen molar-refractivity contribution in [3.05, 3.63) is 51.7 Å². The van der Waals surface area contributed by atoms with Crippen molar-refractivity contribution in [2.75, 3.05) is 12.0 Å². The van der Waals surface area contributed by atoms with Gasteiger partial charge in [0.25, 0.3) is 5.91 Å². The first-order valence-corrected chi connectivity index (χ1v) is 7.52. The molecule has 4 nitrogen and oxygen atoms in total. The quantitative estimate of drug-likeness (QED) is 0.659. The summed E-state index contributed by atoms with van der Waals surface area (Å²) in [6, 6.07) is 9.53. The molecular weight excluding hydrogens is 270 g/mol. The number of hydrazine groups is 1. The van der Waals surface area contributed by atoms with Crippen LogP contribution in [0.1, 0.15) is 33.8 Å². The summed E-state index contributed by atoms with van der Waals surface area (Å²) < 4.78 is 0. The fourth-order valence-electron chi connectivity index (χ4n) is 2.66. The molecule has 2 heterocycles. The molecule has 0 spiro atoms. The van der Waals surface area contributed by atoms with Crippen LogP contribution in [-0.2, 0) is 6.42 Å². The maximum Gasteiger partial charge on any atom is 0.254 e. The van der Waals surface area contributed by atoms with E-state index in [-0.39, 0.29) is 11.9 Å². The van der Waals surface area contributed by atoms with Gasteiger partial charge in [0.2, 0.25) is 0 Å². The molecular formula is C15H17N3OS. The number of nitrogen functional groups attached to an aromatic ring is 1. The zero-order chi connectivity index (χ0) is 14.1. The van der Waals surface area contributed by atoms with Crippen molar-refractivity contribution in [2.45, 2.75) is 19.4 Å². The molecule has 1 aromatic carbocycles. The maximum atomic E-state index is 12.6. The van der Waals surface area contributed by atoms with Gasteiger partial charge < -0.3 is 10.3 Å². The number of nitrogens with two attached hydrogens (primary N) is 1. The fourth-order valence-corrected chi connectivity index (χ4v) is 3.62. The predicted octanol–water partition coefficient (Wildman–Crippen LogP) is 2.79. The van der Waals surface area contributed by atoms with E-state index in [2.05, 4.69) is 23.8 Å². The first-order chi connectivity index (χ1) is 9.70. The Morgan fingerprint density at radius 3 is 2.80 bits per heavy atom. The van der Waals surface area contributed by atoms with Gasteiger partial charge in [-0.05, 0) is 54.6 Å². The number of amides is 1. The van der Waals surface area contributed by atoms with Crippen LogP contribution in [0.2, 0.25) is 0 Å². The van der Waals surface area contributed by atoms with Crippen LogP contribution in [0, 0.1) is 0 Å². The highest BCUT2D eigenvalue weighted by Crippen LogP contribution is 2.33. The minimum Gasteiger partial charge on any atom is -0.331 e. The van der Waals surface area contributed by atoms with Gasteiger partial charge in [-0.25, -0.2) is 0 Å². The number of carbonyl (C=O) groups is 1. The standard InChI is InChI=1S/C15H17N3OS/c1-10-13-7-9-20-14(13)6-8-18(10)15(19)11-2-4-12(17-16)5-3-11/h2-5,7,9-10,17H,6,8,16H2,1H3. The van der Waals surface area contributed by atoms with Gasteiger partial charge in [-0.1, -0.05) is 0 Å². The monoisotopic (exact) mass is 287 g/mol. The maximum absolute atomic E-state index is 12.6. The Morgan fingerprint density at radius 1 is 1.35 bits per heavy atom. The van der Waals surface area contributed by atoms with Crippen molar-refractivity contribution in [3.63, 3.8) is 0 Å². The molecule has 1 unspecified atom stereocenters. The van der Waals surface area contributed by atoms with Crippen LogP contribution in [0.3, 0.4) is 0 Å². The van der Waals surface area contributed by atoms with E-state index in [9.17, 15) is 4.79 Å². The van der Waals surface area contributed by atoms with E-state index in [1.165, 1.54) is 10.4 Å². The first-order valence-electron chi connectivity index (χ1n) is 6.64. The summed E-state index contributed by atoms with van der Waals surface area (Å²) in [5.41, 5.74) is 5.36. The molecule has 104 valence electrons. The minimum atomic E-state index is 0.0814. The third-order valence-corrected chi connectivity index (χ3v) is 4.83. The number of fused-ring (bicyclic) bond motifs is 1. The van der Waals surface area contributed by atoms with E-state index in [1.54, 1.807) is 11.3 Å². The Kier molecular flexibility index (Phi) is 3.46. The third kappa shape index (κ3) is 2.19. The lowest BCUT2D eigenvalue weighted by Crippen LogP contribution is -2.38. The number of nitrogens with one attached hydrogen (secondary N) is 1. The topological polar surface area (TPSA) is 58.4 Å². The lowest BCUT2D eigenvalue weighted by atomic mass is 10.0. The Morgan fingerprint density at radius 2 is 2.10 bits per heavy atom. The number of hydrogen-bond donors (Lipinski definition) is 2. The van der Waals surface area contributed by atoms with Gasteiger partial charge in [-0.3, -0.25) is 10.6 Å². The zero-order valence-electron chi connectivity index (χ0n) is 11.3. The molecule has 2 aromatic rings. The van der Waals surface area contributed by atoms with Crippen LogP contribution in [0.15, 0.2) is 35.7 Å². The van der Waals surface area contributed by atoms with Crippen molar-refractivity contribution >= 4 is 22.9 Å². The fraction of sp³-hybridized carbons (Fsp3) is 0.267. The molecule has 3 N–H and O–H groups in total. The first kappa shape index (κ1) is 13.1. The number of anilines is 1. The van der Waals surface area contributed by atoms with E-state index in [1.807, 2.05) is 29.2 Å². The zero-order valence-corrected chi connectivity index (χ0v) is 12.1. The third-order valence-electron chi connectivity index (χ3n) is 3.84. The molecule has 1 aliphatic heterocycles. The van der Waals surface area contributed by atoms with Crippen molar-refractivity contribution in [3.8, 4) is 0 Å². The number of nitrogens with zero attached hydrogens (tertiary/aromatic N) is 1. The highest BCUT2D eigenvalue weighted by atomic mass is 32.1. The highest BCUT2D eigenvalue weighted by Gasteiger charge is 2.28. The molecule has 5 heteroatoms. The van der Waals surface area contributed by atoms with Gasteiger partial charge in [-0.15, -0.1) is 11.3 Å². The number of rotatable bonds is 2. The van der Waals surface area contributed by atoms with Gasteiger partial charge in [0, 0.05) is 22.7 Å². The molecule has 0 bridgehead atoms. The molecule has 20 heavy (non-hydrogen) atoms. The normalized spacial score (nSPS) is 17.7. The van der Waals surface area contributed by atoms with E-state index >= 15 is 0 Å². The second-order valence-corrected chi connectivity index (χ2v) is 5.95. The lowest BCUT2D eigenvalue weighted by Gasteiger charge is -2.33. The van der Waals surface area contributed by atoms with E-state index < -0.39 is 0 Å². The predicted molar refractivity (Wildman–Crippen MR) is 81.7 cm³/mol. The van der Waals surface area contributed by atoms with Crippen LogP contribution in [-0.4, -0.2) is 17.4 Å². The van der Waals surface area contributed by atoms with Gasteiger partial charge >= 0.3 is 0 Å². The molecule has 0 aliphatic carbocycles. The van der Waals surface area contributed by atoms with Crippen LogP contribution < -0.4 is 11.3 Å².